The van der Waals surface area contributed by atoms with E-state index < -0.39 is 16.8 Å². The summed E-state index contributed by atoms with van der Waals surface area (Å²) in [4.78, 5) is 48.1. The summed E-state index contributed by atoms with van der Waals surface area (Å²) in [5.41, 5.74) is 0.293. The van der Waals surface area contributed by atoms with Crippen LogP contribution in [0.5, 0.6) is 0 Å². The lowest BCUT2D eigenvalue weighted by Crippen LogP contribution is -2.29. The topological polar surface area (TPSA) is 128 Å². The maximum atomic E-state index is 12.6. The first-order chi connectivity index (χ1) is 13.6. The highest BCUT2D eigenvalue weighted by atomic mass is 32.1. The molecule has 2 aromatic rings. The van der Waals surface area contributed by atoms with Gasteiger partial charge in [0.1, 0.15) is 5.00 Å². The number of hydrogen-bond acceptors (Lipinski definition) is 7. The van der Waals surface area contributed by atoms with E-state index in [9.17, 15) is 24.5 Å². The lowest BCUT2D eigenvalue weighted by atomic mass is 10.1. The number of non-ortho nitro benzene ring substituents is 1. The first-order valence-corrected chi connectivity index (χ1v) is 9.64. The molecule has 0 fully saturated rings. The summed E-state index contributed by atoms with van der Waals surface area (Å²) in [6.07, 6.45) is 0. The third-order valence-corrected chi connectivity index (χ3v) is 5.00. The molecule has 154 valence electrons. The molecule has 9 nitrogen and oxygen atoms in total. The van der Waals surface area contributed by atoms with Crippen molar-refractivity contribution in [3.63, 3.8) is 0 Å². The lowest BCUT2D eigenvalue weighted by molar-refractivity contribution is -0.384. The summed E-state index contributed by atoms with van der Waals surface area (Å²) < 4.78 is 5.06. The van der Waals surface area contributed by atoms with Gasteiger partial charge >= 0.3 is 5.97 Å². The molecular formula is C19H21N3O6S. The smallest absolute Gasteiger partial charge is 0.341 e. The number of nitrogens with zero attached hydrogens (tertiary/aromatic N) is 1. The molecule has 0 aliphatic carbocycles. The molecule has 0 saturated carbocycles. The number of nitro benzene ring substituents is 1. The second-order valence-electron chi connectivity index (χ2n) is 6.37. The van der Waals surface area contributed by atoms with Gasteiger partial charge in [-0.15, -0.1) is 11.3 Å². The van der Waals surface area contributed by atoms with Gasteiger partial charge in [0, 0.05) is 23.7 Å². The predicted molar refractivity (Wildman–Crippen MR) is 109 cm³/mol. The number of benzene rings is 1. The molecule has 0 spiro atoms. The molecule has 29 heavy (non-hydrogen) atoms. The molecule has 2 N–H and O–H groups in total. The van der Waals surface area contributed by atoms with Gasteiger partial charge in [0.05, 0.1) is 22.0 Å². The Morgan fingerprint density at radius 1 is 1.24 bits per heavy atom. The summed E-state index contributed by atoms with van der Waals surface area (Å²) in [5.74, 6) is -1.68. The minimum absolute atomic E-state index is 0.0493. The van der Waals surface area contributed by atoms with E-state index in [2.05, 4.69) is 10.6 Å². The molecular weight excluding hydrogens is 398 g/mol. The Bertz CT molecular complexity index is 967. The monoisotopic (exact) mass is 419 g/mol. The van der Waals surface area contributed by atoms with Crippen LogP contribution in [-0.2, 0) is 4.74 Å². The quantitative estimate of drug-likeness (QED) is 0.401. The Hall–Kier alpha value is -3.27. The van der Waals surface area contributed by atoms with Crippen molar-refractivity contribution in [2.45, 2.75) is 33.7 Å². The predicted octanol–water partition coefficient (Wildman–Crippen LogP) is 3.53. The molecule has 1 aromatic carbocycles. The van der Waals surface area contributed by atoms with Crippen LogP contribution in [-0.4, -0.2) is 35.4 Å². The molecule has 1 heterocycles. The normalized spacial score (nSPS) is 10.5. The van der Waals surface area contributed by atoms with Gasteiger partial charge in [-0.05, 0) is 39.3 Å². The molecule has 1 aromatic heterocycles. The minimum atomic E-state index is -0.667. The van der Waals surface area contributed by atoms with E-state index in [1.165, 1.54) is 18.2 Å². The Kier molecular flexibility index (Phi) is 7.05. The molecule has 0 bridgehead atoms. The summed E-state index contributed by atoms with van der Waals surface area (Å²) in [6, 6.07) is 5.09. The van der Waals surface area contributed by atoms with Crippen LogP contribution in [0.4, 0.5) is 10.7 Å². The van der Waals surface area contributed by atoms with Crippen molar-refractivity contribution in [2.24, 2.45) is 0 Å². The highest BCUT2D eigenvalue weighted by Gasteiger charge is 2.27. The van der Waals surface area contributed by atoms with Gasteiger partial charge in [0.25, 0.3) is 17.5 Å². The van der Waals surface area contributed by atoms with E-state index in [0.29, 0.717) is 5.56 Å². The summed E-state index contributed by atoms with van der Waals surface area (Å²) >= 11 is 0.945. The van der Waals surface area contributed by atoms with Gasteiger partial charge in [-0.25, -0.2) is 4.79 Å². The Morgan fingerprint density at radius 3 is 2.52 bits per heavy atom. The van der Waals surface area contributed by atoms with Crippen molar-refractivity contribution in [1.82, 2.24) is 5.32 Å². The van der Waals surface area contributed by atoms with Crippen molar-refractivity contribution < 1.29 is 24.0 Å². The largest absolute Gasteiger partial charge is 0.462 e. The van der Waals surface area contributed by atoms with E-state index >= 15 is 0 Å². The van der Waals surface area contributed by atoms with Gasteiger partial charge in [-0.3, -0.25) is 19.7 Å². The standard InChI is InChI=1S/C19H21N3O6S/c1-5-28-19(25)14-11(4)15(17(24)20-10(2)3)29-18(14)21-16(23)12-7-6-8-13(9-12)22(26)27/h6-10H,5H2,1-4H3,(H,20,24)(H,21,23). The van der Waals surface area contributed by atoms with Gasteiger partial charge in [-0.2, -0.15) is 0 Å². The van der Waals surface area contributed by atoms with Crippen LogP contribution in [0.15, 0.2) is 24.3 Å². The fraction of sp³-hybridized carbons (Fsp3) is 0.316. The van der Waals surface area contributed by atoms with Crippen molar-refractivity contribution >= 4 is 39.8 Å². The Balaban J connectivity index is 2.43. The first kappa shape index (κ1) is 22.0. The summed E-state index contributed by atoms with van der Waals surface area (Å²) in [7, 11) is 0. The number of ether oxygens (including phenoxy) is 1. The fourth-order valence-electron chi connectivity index (χ4n) is 2.53. The summed E-state index contributed by atoms with van der Waals surface area (Å²) in [5, 5.41) is 16.4. The fourth-order valence-corrected chi connectivity index (χ4v) is 3.62. The molecule has 10 heteroatoms. The SMILES string of the molecule is CCOC(=O)c1c(NC(=O)c2cccc([N+](=O)[O-])c2)sc(C(=O)NC(C)C)c1C. The number of carbonyl (C=O) groups is 3. The van der Waals surface area contributed by atoms with Crippen LogP contribution < -0.4 is 10.6 Å². The zero-order valence-electron chi connectivity index (χ0n) is 16.4. The zero-order chi connectivity index (χ0) is 21.7. The third kappa shape index (κ3) is 5.17. The van der Waals surface area contributed by atoms with Crippen molar-refractivity contribution in [1.29, 1.82) is 0 Å². The lowest BCUT2D eigenvalue weighted by Gasteiger charge is -2.07. The number of nitrogens with one attached hydrogen (secondary N) is 2. The maximum Gasteiger partial charge on any atom is 0.341 e. The highest BCUT2D eigenvalue weighted by molar-refractivity contribution is 7.18. The van der Waals surface area contributed by atoms with E-state index in [1.54, 1.807) is 27.7 Å². The van der Waals surface area contributed by atoms with Gasteiger partial charge in [0.15, 0.2) is 0 Å². The average molecular weight is 419 g/mol. The number of anilines is 1. The number of hydrogen-bond donors (Lipinski definition) is 2. The third-order valence-electron chi connectivity index (χ3n) is 3.80. The van der Waals surface area contributed by atoms with Crippen LogP contribution in [0.3, 0.4) is 0 Å². The zero-order valence-corrected chi connectivity index (χ0v) is 17.2. The summed E-state index contributed by atoms with van der Waals surface area (Å²) in [6.45, 7) is 6.98. The van der Waals surface area contributed by atoms with Gasteiger partial charge in [0.2, 0.25) is 0 Å². The Morgan fingerprint density at radius 2 is 1.93 bits per heavy atom. The van der Waals surface area contributed by atoms with Crippen LogP contribution in [0.2, 0.25) is 0 Å². The molecule has 0 saturated heterocycles. The number of rotatable bonds is 7. The van der Waals surface area contributed by atoms with Crippen LogP contribution in [0.25, 0.3) is 0 Å². The minimum Gasteiger partial charge on any atom is -0.462 e. The van der Waals surface area contributed by atoms with Crippen molar-refractivity contribution in [3.05, 3.63) is 55.9 Å². The van der Waals surface area contributed by atoms with E-state index in [0.717, 1.165) is 17.4 Å². The number of esters is 1. The van der Waals surface area contributed by atoms with E-state index in [-0.39, 0.29) is 45.2 Å². The molecule has 0 atom stereocenters. The number of carbonyl (C=O) groups excluding carboxylic acids is 3. The molecule has 2 amide bonds. The first-order valence-electron chi connectivity index (χ1n) is 8.82. The highest BCUT2D eigenvalue weighted by Crippen LogP contribution is 2.34. The van der Waals surface area contributed by atoms with Gasteiger partial charge in [-0.1, -0.05) is 6.07 Å². The molecule has 0 aliphatic heterocycles. The van der Waals surface area contributed by atoms with Crippen LogP contribution >= 0.6 is 11.3 Å². The second-order valence-corrected chi connectivity index (χ2v) is 7.39. The number of nitro groups is 1. The number of thiophene rings is 1. The van der Waals surface area contributed by atoms with Crippen LogP contribution in [0.1, 0.15) is 56.7 Å². The second kappa shape index (κ2) is 9.28. The molecule has 2 rings (SSSR count). The molecule has 0 unspecified atom stereocenters. The van der Waals surface area contributed by atoms with Crippen molar-refractivity contribution in [3.8, 4) is 0 Å². The van der Waals surface area contributed by atoms with E-state index in [4.69, 9.17) is 4.74 Å². The number of amides is 2. The van der Waals surface area contributed by atoms with Crippen LogP contribution in [0, 0.1) is 17.0 Å². The average Bonchev–Trinajstić information content (AvgIpc) is 2.97. The molecule has 0 radical (unpaired) electrons. The Labute approximate surface area is 171 Å². The van der Waals surface area contributed by atoms with Crippen molar-refractivity contribution in [2.75, 3.05) is 11.9 Å². The van der Waals surface area contributed by atoms with E-state index in [1.807, 2.05) is 0 Å². The molecule has 0 aliphatic rings. The van der Waals surface area contributed by atoms with Gasteiger partial charge < -0.3 is 15.4 Å². The maximum absolute atomic E-state index is 12.6.